The lowest BCUT2D eigenvalue weighted by molar-refractivity contribution is 0.0989. The molecule has 0 atom stereocenters. The van der Waals surface area contributed by atoms with Gasteiger partial charge in [0, 0.05) is 27.3 Å². The van der Waals surface area contributed by atoms with Gasteiger partial charge in [0.15, 0.2) is 0 Å². The lowest BCUT2D eigenvalue weighted by Gasteiger charge is -2.23. The Morgan fingerprint density at radius 1 is 0.871 bits per heavy atom. The highest BCUT2D eigenvalue weighted by Crippen LogP contribution is 2.34. The molecule has 3 rings (SSSR count). The number of nitrogens with one attached hydrogen (secondary N) is 1. The lowest BCUT2D eigenvalue weighted by Crippen LogP contribution is -2.31. The molecule has 31 heavy (non-hydrogen) atoms. The molecule has 0 aliphatic carbocycles. The van der Waals surface area contributed by atoms with E-state index in [0.29, 0.717) is 22.3 Å². The van der Waals surface area contributed by atoms with E-state index in [4.69, 9.17) is 46.4 Å². The molecule has 3 aromatic carbocycles. The van der Waals surface area contributed by atoms with Crippen molar-refractivity contribution in [2.45, 2.75) is 11.8 Å². The Hall–Kier alpha value is -1.96. The summed E-state index contributed by atoms with van der Waals surface area (Å²) in [6.45, 7) is 2.10. The number of sulfonamides is 1. The van der Waals surface area contributed by atoms with Crippen molar-refractivity contribution in [1.29, 1.82) is 0 Å². The molecule has 0 bridgehead atoms. The molecule has 0 aliphatic heterocycles. The number of rotatable bonds is 6. The predicted molar refractivity (Wildman–Crippen MR) is 128 cm³/mol. The lowest BCUT2D eigenvalue weighted by atomic mass is 10.1. The number of nitrogens with zero attached hydrogens (tertiary/aromatic N) is 1. The van der Waals surface area contributed by atoms with Crippen molar-refractivity contribution in [3.8, 4) is 0 Å². The number of amides is 1. The third kappa shape index (κ3) is 5.45. The SMILES string of the molecule is CCN(C(=O)c1cc(Cl)cc(Cl)c1NS(=O)(=O)c1ccc(Cl)cc1)c1ccc(Cl)cc1. The Morgan fingerprint density at radius 2 is 1.42 bits per heavy atom. The first-order valence-electron chi connectivity index (χ1n) is 8.97. The average molecular weight is 518 g/mol. The topological polar surface area (TPSA) is 66.5 Å². The number of hydrogen-bond acceptors (Lipinski definition) is 3. The van der Waals surface area contributed by atoms with Crippen LogP contribution in [0.1, 0.15) is 17.3 Å². The molecule has 0 heterocycles. The summed E-state index contributed by atoms with van der Waals surface area (Å²) in [5, 5.41) is 1.09. The van der Waals surface area contributed by atoms with E-state index in [1.165, 1.54) is 41.3 Å². The molecule has 0 aromatic heterocycles. The summed E-state index contributed by atoms with van der Waals surface area (Å²) >= 11 is 24.2. The number of hydrogen-bond donors (Lipinski definition) is 1. The molecule has 0 aliphatic rings. The summed E-state index contributed by atoms with van der Waals surface area (Å²) < 4.78 is 28.2. The van der Waals surface area contributed by atoms with Crippen LogP contribution >= 0.6 is 46.4 Å². The van der Waals surface area contributed by atoms with Gasteiger partial charge in [0.25, 0.3) is 15.9 Å². The molecule has 162 valence electrons. The van der Waals surface area contributed by atoms with E-state index < -0.39 is 15.9 Å². The smallest absolute Gasteiger partial charge is 0.261 e. The van der Waals surface area contributed by atoms with Crippen LogP contribution in [0, 0.1) is 0 Å². The molecule has 0 saturated carbocycles. The highest BCUT2D eigenvalue weighted by atomic mass is 35.5. The minimum atomic E-state index is -4.05. The van der Waals surface area contributed by atoms with Crippen LogP contribution in [0.15, 0.2) is 65.6 Å². The van der Waals surface area contributed by atoms with Gasteiger partial charge in [0.1, 0.15) is 0 Å². The van der Waals surface area contributed by atoms with Crippen LogP contribution in [0.2, 0.25) is 20.1 Å². The van der Waals surface area contributed by atoms with Crippen molar-refractivity contribution in [3.05, 3.63) is 86.3 Å². The zero-order valence-electron chi connectivity index (χ0n) is 16.1. The summed E-state index contributed by atoms with van der Waals surface area (Å²) in [6.07, 6.45) is 0. The highest BCUT2D eigenvalue weighted by molar-refractivity contribution is 7.92. The van der Waals surface area contributed by atoms with Crippen molar-refractivity contribution in [2.75, 3.05) is 16.2 Å². The molecule has 0 saturated heterocycles. The Morgan fingerprint density at radius 3 is 1.97 bits per heavy atom. The fraction of sp³-hybridized carbons (Fsp3) is 0.0952. The molecule has 0 spiro atoms. The average Bonchev–Trinajstić information content (AvgIpc) is 2.72. The monoisotopic (exact) mass is 516 g/mol. The minimum Gasteiger partial charge on any atom is -0.309 e. The first kappa shape index (κ1) is 23.7. The van der Waals surface area contributed by atoms with Gasteiger partial charge >= 0.3 is 0 Å². The molecule has 1 amide bonds. The maximum absolute atomic E-state index is 13.4. The van der Waals surface area contributed by atoms with E-state index in [1.807, 2.05) is 0 Å². The van der Waals surface area contributed by atoms with Crippen molar-refractivity contribution in [2.24, 2.45) is 0 Å². The number of anilines is 2. The van der Waals surface area contributed by atoms with E-state index in [2.05, 4.69) is 4.72 Å². The zero-order valence-corrected chi connectivity index (χ0v) is 19.9. The van der Waals surface area contributed by atoms with Crippen LogP contribution in [0.4, 0.5) is 11.4 Å². The van der Waals surface area contributed by atoms with Crippen LogP contribution < -0.4 is 9.62 Å². The summed E-state index contributed by atoms with van der Waals surface area (Å²) in [4.78, 5) is 14.8. The second-order valence-electron chi connectivity index (χ2n) is 6.40. The summed E-state index contributed by atoms with van der Waals surface area (Å²) in [6, 6.07) is 15.0. The third-order valence-electron chi connectivity index (χ3n) is 4.35. The molecular weight excluding hydrogens is 502 g/mol. The van der Waals surface area contributed by atoms with Crippen molar-refractivity contribution in [3.63, 3.8) is 0 Å². The summed E-state index contributed by atoms with van der Waals surface area (Å²) in [5.74, 6) is -0.483. The Labute approximate surface area is 200 Å². The second kappa shape index (κ2) is 9.67. The second-order valence-corrected chi connectivity index (χ2v) is 9.79. The fourth-order valence-corrected chi connectivity index (χ4v) is 4.81. The number of carbonyl (C=O) groups excluding carboxylic acids is 1. The van der Waals surface area contributed by atoms with E-state index >= 15 is 0 Å². The van der Waals surface area contributed by atoms with Gasteiger partial charge in [-0.25, -0.2) is 8.42 Å². The highest BCUT2D eigenvalue weighted by Gasteiger charge is 2.25. The van der Waals surface area contributed by atoms with Crippen LogP contribution in [0.25, 0.3) is 0 Å². The van der Waals surface area contributed by atoms with E-state index in [1.54, 1.807) is 31.2 Å². The summed E-state index contributed by atoms with van der Waals surface area (Å²) in [7, 11) is -4.05. The number of carbonyl (C=O) groups is 1. The molecule has 3 aromatic rings. The molecule has 0 unspecified atom stereocenters. The van der Waals surface area contributed by atoms with Crippen molar-refractivity contribution in [1.82, 2.24) is 0 Å². The predicted octanol–water partition coefficient (Wildman–Crippen LogP) is 6.77. The van der Waals surface area contributed by atoms with Gasteiger partial charge in [-0.15, -0.1) is 0 Å². The van der Waals surface area contributed by atoms with E-state index in [0.717, 1.165) is 0 Å². The van der Waals surface area contributed by atoms with Gasteiger partial charge < -0.3 is 4.90 Å². The maximum Gasteiger partial charge on any atom is 0.261 e. The quantitative estimate of drug-likeness (QED) is 0.392. The van der Waals surface area contributed by atoms with Gasteiger partial charge in [0.05, 0.1) is 21.2 Å². The van der Waals surface area contributed by atoms with Gasteiger partial charge in [-0.1, -0.05) is 46.4 Å². The number of halogens is 4. The Balaban J connectivity index is 2.06. The maximum atomic E-state index is 13.4. The minimum absolute atomic E-state index is 0.00633. The fourth-order valence-electron chi connectivity index (χ4n) is 2.86. The Bertz CT molecular complexity index is 1210. The van der Waals surface area contributed by atoms with E-state index in [9.17, 15) is 13.2 Å². The van der Waals surface area contributed by atoms with Crippen LogP contribution in [0.3, 0.4) is 0 Å². The first-order valence-corrected chi connectivity index (χ1v) is 12.0. The molecule has 5 nitrogen and oxygen atoms in total. The van der Waals surface area contributed by atoms with Gasteiger partial charge in [-0.3, -0.25) is 9.52 Å². The largest absolute Gasteiger partial charge is 0.309 e. The van der Waals surface area contributed by atoms with Crippen LogP contribution in [0.5, 0.6) is 0 Å². The molecule has 0 fully saturated rings. The van der Waals surface area contributed by atoms with Crippen LogP contribution in [-0.2, 0) is 10.0 Å². The molecule has 1 N–H and O–H groups in total. The van der Waals surface area contributed by atoms with Crippen LogP contribution in [-0.4, -0.2) is 20.9 Å². The number of benzene rings is 3. The molecule has 0 radical (unpaired) electrons. The van der Waals surface area contributed by atoms with E-state index in [-0.39, 0.29) is 26.2 Å². The Kier molecular flexibility index (Phi) is 7.39. The van der Waals surface area contributed by atoms with Crippen molar-refractivity contribution < 1.29 is 13.2 Å². The van der Waals surface area contributed by atoms with Gasteiger partial charge in [-0.05, 0) is 67.6 Å². The molecular formula is C21H16Cl4N2O3S. The third-order valence-corrected chi connectivity index (χ3v) is 6.73. The normalized spacial score (nSPS) is 11.3. The first-order chi connectivity index (χ1) is 14.6. The van der Waals surface area contributed by atoms with Gasteiger partial charge in [-0.2, -0.15) is 0 Å². The van der Waals surface area contributed by atoms with Gasteiger partial charge in [0.2, 0.25) is 0 Å². The summed E-state index contributed by atoms with van der Waals surface area (Å²) in [5.41, 5.74) is 0.518. The standard InChI is InChI=1S/C21H16Cl4N2O3S/c1-2-27(16-7-3-13(22)4-8-16)21(28)18-11-15(24)12-19(25)20(18)26-31(29,30)17-9-5-14(23)6-10-17/h3-12,26H,2H2,1H3. The van der Waals surface area contributed by atoms with Crippen molar-refractivity contribution >= 4 is 73.7 Å². The zero-order chi connectivity index (χ0) is 22.8. The molecule has 10 heteroatoms.